The largest absolute Gasteiger partial charge is 0.508 e. The third-order valence-corrected chi connectivity index (χ3v) is 4.93. The molecule has 138 valence electrons. The quantitative estimate of drug-likeness (QED) is 0.502. The molecule has 2 N–H and O–H groups in total. The molecule has 28 heavy (non-hydrogen) atoms. The summed E-state index contributed by atoms with van der Waals surface area (Å²) in [6.07, 6.45) is 3.20. The molecule has 6 heteroatoms. The molecule has 6 nitrogen and oxygen atoms in total. The van der Waals surface area contributed by atoms with Gasteiger partial charge in [0.2, 0.25) is 5.88 Å². The van der Waals surface area contributed by atoms with E-state index < -0.39 is 0 Å². The number of furan rings is 1. The van der Waals surface area contributed by atoms with E-state index in [1.54, 1.807) is 29.3 Å². The number of rotatable bonds is 3. The van der Waals surface area contributed by atoms with Gasteiger partial charge in [-0.15, -0.1) is 0 Å². The number of aromatic hydroxyl groups is 1. The highest BCUT2D eigenvalue weighted by atomic mass is 16.5. The van der Waals surface area contributed by atoms with Crippen molar-refractivity contribution < 1.29 is 14.3 Å². The van der Waals surface area contributed by atoms with E-state index in [0.717, 1.165) is 16.9 Å². The highest BCUT2D eigenvalue weighted by Gasteiger charge is 2.32. The minimum Gasteiger partial charge on any atom is -0.508 e. The Labute approximate surface area is 160 Å². The Balaban J connectivity index is 1.71. The summed E-state index contributed by atoms with van der Waals surface area (Å²) < 4.78 is 13.1. The number of benzene rings is 2. The average Bonchev–Trinajstić information content (AvgIpc) is 3.22. The van der Waals surface area contributed by atoms with Crippen LogP contribution in [-0.4, -0.2) is 14.7 Å². The molecule has 0 saturated carbocycles. The summed E-state index contributed by atoms with van der Waals surface area (Å²) in [6, 6.07) is 18.7. The van der Waals surface area contributed by atoms with Gasteiger partial charge in [0.1, 0.15) is 29.1 Å². The van der Waals surface area contributed by atoms with Crippen molar-refractivity contribution >= 4 is 0 Å². The van der Waals surface area contributed by atoms with Crippen LogP contribution in [0.5, 0.6) is 17.4 Å². The Morgan fingerprint density at radius 1 is 1.07 bits per heavy atom. The van der Waals surface area contributed by atoms with E-state index in [9.17, 15) is 5.11 Å². The highest BCUT2D eigenvalue weighted by molar-refractivity contribution is 5.57. The number of fused-ring (bicyclic) bond motifs is 2. The molecular weight excluding hydrogens is 354 g/mol. The van der Waals surface area contributed by atoms with Crippen molar-refractivity contribution in [1.82, 2.24) is 9.55 Å². The molecule has 0 spiro atoms. The van der Waals surface area contributed by atoms with Gasteiger partial charge in [-0.2, -0.15) is 0 Å². The number of nitrogens with zero attached hydrogens (tertiary/aromatic N) is 2. The fraction of sp³-hybridized carbons (Fsp3) is 0.0909. The van der Waals surface area contributed by atoms with Crippen LogP contribution >= 0.6 is 0 Å². The van der Waals surface area contributed by atoms with E-state index in [1.807, 2.05) is 48.5 Å². The topological polar surface area (TPSA) is 84.3 Å². The Bertz CT molecular complexity index is 1200. The second-order valence-corrected chi connectivity index (χ2v) is 6.69. The molecular formula is C22H17N3O3. The number of ether oxygens (including phenoxy) is 1. The van der Waals surface area contributed by atoms with Gasteiger partial charge in [0.05, 0.1) is 18.4 Å². The van der Waals surface area contributed by atoms with E-state index >= 15 is 0 Å². The van der Waals surface area contributed by atoms with Crippen LogP contribution in [0.1, 0.15) is 28.4 Å². The molecule has 1 aliphatic heterocycles. The zero-order valence-electron chi connectivity index (χ0n) is 14.9. The summed E-state index contributed by atoms with van der Waals surface area (Å²) in [4.78, 5) is 4.46. The first-order chi connectivity index (χ1) is 13.7. The van der Waals surface area contributed by atoms with Crippen LogP contribution in [0.4, 0.5) is 0 Å². The Hall–Kier alpha value is -3.80. The van der Waals surface area contributed by atoms with Gasteiger partial charge in [-0.3, -0.25) is 5.41 Å². The molecule has 4 aromatic rings. The van der Waals surface area contributed by atoms with Crippen molar-refractivity contribution in [2.75, 3.05) is 0 Å². The normalized spacial score (nSPS) is 14.8. The van der Waals surface area contributed by atoms with Crippen LogP contribution in [0.2, 0.25) is 0 Å². The molecule has 2 aromatic carbocycles. The molecule has 0 radical (unpaired) electrons. The number of phenolic OH excluding ortho intramolecular Hbond substituents is 1. The van der Waals surface area contributed by atoms with Crippen LogP contribution in [0.15, 0.2) is 77.7 Å². The molecule has 0 bridgehead atoms. The van der Waals surface area contributed by atoms with Gasteiger partial charge >= 0.3 is 0 Å². The minimum atomic E-state index is -0.218. The number of hydrogen-bond acceptors (Lipinski definition) is 5. The van der Waals surface area contributed by atoms with Gasteiger partial charge < -0.3 is 18.8 Å². The molecule has 1 atom stereocenters. The van der Waals surface area contributed by atoms with Crippen LogP contribution in [0.25, 0.3) is 0 Å². The maximum absolute atomic E-state index is 9.88. The lowest BCUT2D eigenvalue weighted by atomic mass is 9.84. The molecule has 0 unspecified atom stereocenters. The van der Waals surface area contributed by atoms with E-state index in [0.29, 0.717) is 29.2 Å². The summed E-state index contributed by atoms with van der Waals surface area (Å²) in [6.45, 7) is 0.413. The number of nitrogens with one attached hydrogen (secondary N) is 1. The predicted molar refractivity (Wildman–Crippen MR) is 101 cm³/mol. The second kappa shape index (κ2) is 6.42. The van der Waals surface area contributed by atoms with Gasteiger partial charge in [-0.25, -0.2) is 4.98 Å². The van der Waals surface area contributed by atoms with Crippen molar-refractivity contribution in [3.05, 3.63) is 101 Å². The van der Waals surface area contributed by atoms with Crippen LogP contribution in [0, 0.1) is 5.41 Å². The summed E-state index contributed by atoms with van der Waals surface area (Å²) in [5.41, 5.74) is 2.93. The number of hydrogen-bond donors (Lipinski definition) is 2. The molecule has 1 aliphatic rings. The SMILES string of the molecule is N=c1c2c(ncn1Cc1ccco1)Oc1cc(O)ccc1[C@H]2c1ccccc1. The zero-order chi connectivity index (χ0) is 19.1. The van der Waals surface area contributed by atoms with Gasteiger partial charge in [-0.05, 0) is 23.8 Å². The molecule has 3 heterocycles. The first-order valence-electron chi connectivity index (χ1n) is 8.93. The third-order valence-electron chi connectivity index (χ3n) is 4.93. The standard InChI is InChI=1S/C22H17N3O3/c23-21-20-19(14-5-2-1-3-6-14)17-9-8-15(26)11-18(17)28-22(20)24-13-25(21)12-16-7-4-10-27-16/h1-11,13,19,23,26H,12H2/t19-/m1/s1. The molecule has 0 saturated heterocycles. The smallest absolute Gasteiger partial charge is 0.228 e. The second-order valence-electron chi connectivity index (χ2n) is 6.69. The highest BCUT2D eigenvalue weighted by Crippen LogP contribution is 2.45. The first kappa shape index (κ1) is 16.4. The van der Waals surface area contributed by atoms with Crippen LogP contribution in [-0.2, 0) is 6.54 Å². The average molecular weight is 371 g/mol. The molecule has 0 aliphatic carbocycles. The monoisotopic (exact) mass is 371 g/mol. The molecule has 5 rings (SSSR count). The van der Waals surface area contributed by atoms with Crippen molar-refractivity contribution in [3.8, 4) is 17.4 Å². The van der Waals surface area contributed by atoms with Crippen LogP contribution in [0.3, 0.4) is 0 Å². The van der Waals surface area contributed by atoms with Gasteiger partial charge in [0, 0.05) is 17.5 Å². The Morgan fingerprint density at radius 2 is 1.93 bits per heavy atom. The molecule has 2 aromatic heterocycles. The molecule has 0 fully saturated rings. The minimum absolute atomic E-state index is 0.129. The Morgan fingerprint density at radius 3 is 2.71 bits per heavy atom. The lowest BCUT2D eigenvalue weighted by Gasteiger charge is -2.28. The summed E-state index contributed by atoms with van der Waals surface area (Å²) >= 11 is 0. The van der Waals surface area contributed by atoms with E-state index in [2.05, 4.69) is 4.98 Å². The Kier molecular flexibility index (Phi) is 3.76. The van der Waals surface area contributed by atoms with E-state index in [1.165, 1.54) is 0 Å². The fourth-order valence-electron chi connectivity index (χ4n) is 3.64. The molecule has 0 amide bonds. The number of aromatic nitrogens is 2. The lowest BCUT2D eigenvalue weighted by Crippen LogP contribution is -2.30. The van der Waals surface area contributed by atoms with Crippen molar-refractivity contribution in [3.63, 3.8) is 0 Å². The van der Waals surface area contributed by atoms with E-state index in [4.69, 9.17) is 14.6 Å². The zero-order valence-corrected chi connectivity index (χ0v) is 14.9. The van der Waals surface area contributed by atoms with E-state index in [-0.39, 0.29) is 11.7 Å². The third kappa shape index (κ3) is 2.66. The maximum Gasteiger partial charge on any atom is 0.228 e. The van der Waals surface area contributed by atoms with Crippen molar-refractivity contribution in [2.45, 2.75) is 12.5 Å². The summed E-state index contributed by atoms with van der Waals surface area (Å²) in [5, 5.41) is 18.7. The van der Waals surface area contributed by atoms with Crippen molar-refractivity contribution in [2.24, 2.45) is 0 Å². The first-order valence-corrected chi connectivity index (χ1v) is 8.93. The van der Waals surface area contributed by atoms with Crippen molar-refractivity contribution in [1.29, 1.82) is 5.41 Å². The fourth-order valence-corrected chi connectivity index (χ4v) is 3.64. The predicted octanol–water partition coefficient (Wildman–Crippen LogP) is 4.00. The van der Waals surface area contributed by atoms with Crippen LogP contribution < -0.4 is 10.2 Å². The van der Waals surface area contributed by atoms with Gasteiger partial charge in [0.25, 0.3) is 0 Å². The lowest BCUT2D eigenvalue weighted by molar-refractivity contribution is 0.411. The summed E-state index contributed by atoms with van der Waals surface area (Å²) in [7, 11) is 0. The maximum atomic E-state index is 9.88. The summed E-state index contributed by atoms with van der Waals surface area (Å²) in [5.74, 6) is 1.59. The number of phenols is 1. The van der Waals surface area contributed by atoms with Gasteiger partial charge in [0.15, 0.2) is 0 Å². The van der Waals surface area contributed by atoms with Gasteiger partial charge in [-0.1, -0.05) is 36.4 Å².